The Balaban J connectivity index is 1.93. The molecule has 0 atom stereocenters. The average Bonchev–Trinajstić information content (AvgIpc) is 2.33. The molecule has 1 heterocycles. The molecule has 1 aromatic rings. The van der Waals surface area contributed by atoms with Crippen LogP contribution in [0.25, 0.3) is 0 Å². The maximum atomic E-state index is 12.7. The monoisotopic (exact) mass is 222 g/mol. The van der Waals surface area contributed by atoms with Crippen molar-refractivity contribution in [1.29, 1.82) is 5.41 Å². The van der Waals surface area contributed by atoms with E-state index >= 15 is 0 Å². The molecule has 3 nitrogen and oxygen atoms in total. The molecule has 0 bridgehead atoms. The van der Waals surface area contributed by atoms with Crippen LogP contribution in [0.5, 0.6) is 0 Å². The van der Waals surface area contributed by atoms with Gasteiger partial charge in [0.1, 0.15) is 11.7 Å². The molecular formula is C12H15FN2O. The molecule has 0 unspecified atom stereocenters. The van der Waals surface area contributed by atoms with E-state index in [9.17, 15) is 4.39 Å². The molecule has 0 spiro atoms. The van der Waals surface area contributed by atoms with Crippen LogP contribution < -0.4 is 0 Å². The van der Waals surface area contributed by atoms with Gasteiger partial charge in [-0.3, -0.25) is 5.41 Å². The number of hydrogen-bond acceptors (Lipinski definition) is 2. The number of nitrogens with zero attached hydrogens (tertiary/aromatic N) is 1. The predicted molar refractivity (Wildman–Crippen MR) is 60.2 cm³/mol. The first-order valence-corrected chi connectivity index (χ1v) is 5.40. The van der Waals surface area contributed by atoms with Gasteiger partial charge in [-0.05, 0) is 17.7 Å². The number of benzene rings is 1. The second-order valence-electron chi connectivity index (χ2n) is 3.85. The van der Waals surface area contributed by atoms with Crippen LogP contribution in [0.1, 0.15) is 5.56 Å². The highest BCUT2D eigenvalue weighted by Crippen LogP contribution is 2.07. The van der Waals surface area contributed by atoms with E-state index in [2.05, 4.69) is 0 Å². The summed E-state index contributed by atoms with van der Waals surface area (Å²) >= 11 is 0. The van der Waals surface area contributed by atoms with E-state index in [0.717, 1.165) is 18.7 Å². The van der Waals surface area contributed by atoms with Crippen LogP contribution in [-0.4, -0.2) is 37.0 Å². The highest BCUT2D eigenvalue weighted by molar-refractivity contribution is 5.81. The van der Waals surface area contributed by atoms with Gasteiger partial charge in [0.2, 0.25) is 0 Å². The Morgan fingerprint density at radius 3 is 2.50 bits per heavy atom. The lowest BCUT2D eigenvalue weighted by Crippen LogP contribution is -2.41. The molecule has 1 saturated heterocycles. The smallest absolute Gasteiger partial charge is 0.123 e. The Morgan fingerprint density at radius 1 is 1.25 bits per heavy atom. The molecule has 0 radical (unpaired) electrons. The van der Waals surface area contributed by atoms with Crippen LogP contribution >= 0.6 is 0 Å². The molecule has 0 saturated carbocycles. The Bertz CT molecular complexity index is 358. The van der Waals surface area contributed by atoms with E-state index in [4.69, 9.17) is 10.1 Å². The summed E-state index contributed by atoms with van der Waals surface area (Å²) in [5, 5.41) is 7.95. The lowest BCUT2D eigenvalue weighted by Gasteiger charge is -2.29. The van der Waals surface area contributed by atoms with E-state index in [0.29, 0.717) is 25.5 Å². The predicted octanol–water partition coefficient (Wildman–Crippen LogP) is 1.68. The number of rotatable bonds is 2. The van der Waals surface area contributed by atoms with Crippen molar-refractivity contribution in [2.75, 3.05) is 26.3 Å². The lowest BCUT2D eigenvalue weighted by molar-refractivity contribution is 0.0670. The fourth-order valence-corrected chi connectivity index (χ4v) is 1.74. The first-order chi connectivity index (χ1) is 7.75. The molecule has 0 aliphatic carbocycles. The summed E-state index contributed by atoms with van der Waals surface area (Å²) in [4.78, 5) is 2.01. The maximum Gasteiger partial charge on any atom is 0.123 e. The summed E-state index contributed by atoms with van der Waals surface area (Å²) < 4.78 is 17.9. The third-order valence-electron chi connectivity index (χ3n) is 2.68. The SMILES string of the molecule is N=C(Cc1ccc(F)cc1)N1CCOCC1. The van der Waals surface area contributed by atoms with Crippen molar-refractivity contribution in [3.8, 4) is 0 Å². The first kappa shape index (κ1) is 11.1. The average molecular weight is 222 g/mol. The normalized spacial score (nSPS) is 16.2. The Kier molecular flexibility index (Phi) is 3.51. The molecule has 1 N–H and O–H groups in total. The van der Waals surface area contributed by atoms with Gasteiger partial charge in [0.15, 0.2) is 0 Å². The van der Waals surface area contributed by atoms with Gasteiger partial charge in [0.25, 0.3) is 0 Å². The van der Waals surface area contributed by atoms with Crippen molar-refractivity contribution in [1.82, 2.24) is 4.90 Å². The van der Waals surface area contributed by atoms with Gasteiger partial charge in [-0.1, -0.05) is 12.1 Å². The minimum Gasteiger partial charge on any atom is -0.378 e. The molecule has 4 heteroatoms. The third kappa shape index (κ3) is 2.79. The van der Waals surface area contributed by atoms with Crippen LogP contribution in [0.3, 0.4) is 0 Å². The molecular weight excluding hydrogens is 207 g/mol. The second kappa shape index (κ2) is 5.07. The highest BCUT2D eigenvalue weighted by Gasteiger charge is 2.13. The molecule has 0 aromatic heterocycles. The minimum absolute atomic E-state index is 0.235. The van der Waals surface area contributed by atoms with Crippen LogP contribution in [0.2, 0.25) is 0 Å². The van der Waals surface area contributed by atoms with E-state index in [-0.39, 0.29) is 5.82 Å². The zero-order chi connectivity index (χ0) is 11.4. The molecule has 1 aliphatic rings. The Morgan fingerprint density at radius 2 is 1.88 bits per heavy atom. The maximum absolute atomic E-state index is 12.7. The summed E-state index contributed by atoms with van der Waals surface area (Å²) in [7, 11) is 0. The number of amidine groups is 1. The Labute approximate surface area is 94.3 Å². The van der Waals surface area contributed by atoms with Crippen molar-refractivity contribution in [2.24, 2.45) is 0 Å². The molecule has 16 heavy (non-hydrogen) atoms. The summed E-state index contributed by atoms with van der Waals surface area (Å²) in [6.45, 7) is 2.93. The topological polar surface area (TPSA) is 36.3 Å². The molecule has 1 fully saturated rings. The quantitative estimate of drug-likeness (QED) is 0.610. The van der Waals surface area contributed by atoms with Gasteiger partial charge < -0.3 is 9.64 Å². The third-order valence-corrected chi connectivity index (χ3v) is 2.68. The number of ether oxygens (including phenoxy) is 1. The molecule has 86 valence electrons. The van der Waals surface area contributed by atoms with Crippen LogP contribution in [-0.2, 0) is 11.2 Å². The standard InChI is InChI=1S/C12H15FN2O/c13-11-3-1-10(2-4-11)9-12(14)15-5-7-16-8-6-15/h1-4,14H,5-9H2. The van der Waals surface area contributed by atoms with Gasteiger partial charge in [-0.15, -0.1) is 0 Å². The largest absolute Gasteiger partial charge is 0.378 e. The lowest BCUT2D eigenvalue weighted by atomic mass is 10.1. The number of nitrogens with one attached hydrogen (secondary N) is 1. The molecule has 0 amide bonds. The highest BCUT2D eigenvalue weighted by atomic mass is 19.1. The van der Waals surface area contributed by atoms with Gasteiger partial charge >= 0.3 is 0 Å². The van der Waals surface area contributed by atoms with Crippen molar-refractivity contribution in [3.05, 3.63) is 35.6 Å². The van der Waals surface area contributed by atoms with Gasteiger partial charge in [0, 0.05) is 19.5 Å². The number of hydrogen-bond donors (Lipinski definition) is 1. The zero-order valence-corrected chi connectivity index (χ0v) is 9.08. The van der Waals surface area contributed by atoms with Crippen molar-refractivity contribution in [2.45, 2.75) is 6.42 Å². The van der Waals surface area contributed by atoms with Gasteiger partial charge in [-0.2, -0.15) is 0 Å². The fourth-order valence-electron chi connectivity index (χ4n) is 1.74. The fraction of sp³-hybridized carbons (Fsp3) is 0.417. The molecule has 1 aromatic carbocycles. The summed E-state index contributed by atoms with van der Waals surface area (Å²) in [6, 6.07) is 6.32. The molecule has 1 aliphatic heterocycles. The van der Waals surface area contributed by atoms with Crippen LogP contribution in [0, 0.1) is 11.2 Å². The van der Waals surface area contributed by atoms with E-state index < -0.39 is 0 Å². The minimum atomic E-state index is -0.235. The number of morpholine rings is 1. The van der Waals surface area contributed by atoms with Crippen LogP contribution in [0.4, 0.5) is 4.39 Å². The zero-order valence-electron chi connectivity index (χ0n) is 9.08. The van der Waals surface area contributed by atoms with Gasteiger partial charge in [-0.25, -0.2) is 4.39 Å². The number of halogens is 1. The van der Waals surface area contributed by atoms with Crippen molar-refractivity contribution >= 4 is 5.84 Å². The molecule has 2 rings (SSSR count). The Hall–Kier alpha value is -1.42. The van der Waals surface area contributed by atoms with Crippen molar-refractivity contribution < 1.29 is 9.13 Å². The van der Waals surface area contributed by atoms with Crippen LogP contribution in [0.15, 0.2) is 24.3 Å². The van der Waals surface area contributed by atoms with E-state index in [1.807, 2.05) is 4.90 Å². The van der Waals surface area contributed by atoms with Gasteiger partial charge in [0.05, 0.1) is 13.2 Å². The summed E-state index contributed by atoms with van der Waals surface area (Å²) in [6.07, 6.45) is 0.556. The summed E-state index contributed by atoms with van der Waals surface area (Å²) in [5.41, 5.74) is 0.970. The van der Waals surface area contributed by atoms with Crippen molar-refractivity contribution in [3.63, 3.8) is 0 Å². The second-order valence-corrected chi connectivity index (χ2v) is 3.85. The van der Waals surface area contributed by atoms with E-state index in [1.165, 1.54) is 12.1 Å². The van der Waals surface area contributed by atoms with E-state index in [1.54, 1.807) is 12.1 Å². The summed E-state index contributed by atoms with van der Waals surface area (Å²) in [5.74, 6) is 0.344. The first-order valence-electron chi connectivity index (χ1n) is 5.40.